The third kappa shape index (κ3) is 4.49. The second-order valence-electron chi connectivity index (χ2n) is 8.23. The number of fused-ring (bicyclic) bond motifs is 1. The maximum atomic E-state index is 13.7. The molecule has 32 heavy (non-hydrogen) atoms. The second kappa shape index (κ2) is 9.70. The number of hydrogen-bond donors (Lipinski definition) is 1. The fourth-order valence-corrected chi connectivity index (χ4v) is 6.39. The van der Waals surface area contributed by atoms with Crippen LogP contribution in [0.15, 0.2) is 103 Å². The molecule has 0 aliphatic carbocycles. The summed E-state index contributed by atoms with van der Waals surface area (Å²) in [6, 6.07) is 35.5. The monoisotopic (exact) mass is 441 g/mol. The lowest BCUT2D eigenvalue weighted by molar-refractivity contribution is -0.170. The standard InChI is InChI=1S/C27H28N3OP/c31-32-29(20-23-12-9-11-22-10-7-8-17-27(22)23)26(18-19-28-24-13-3-1-4-14-24)21-30(32)25-15-5-2-6-16-25/h1-17,26,28,32H,18-21H2/t26-/m0/s1. The highest BCUT2D eigenvalue weighted by molar-refractivity contribution is 7.49. The van der Waals surface area contributed by atoms with Gasteiger partial charge in [-0.15, -0.1) is 0 Å². The average Bonchev–Trinajstić information content (AvgIpc) is 3.16. The molecule has 0 saturated carbocycles. The molecular formula is C27H28N3OP. The zero-order valence-corrected chi connectivity index (χ0v) is 19.0. The minimum Gasteiger partial charge on any atom is -0.648 e. The summed E-state index contributed by atoms with van der Waals surface area (Å²) in [7, 11) is -2.10. The number of anilines is 2. The van der Waals surface area contributed by atoms with Crippen LogP contribution in [0.4, 0.5) is 11.4 Å². The van der Waals surface area contributed by atoms with E-state index in [1.807, 2.05) is 36.4 Å². The quantitative estimate of drug-likeness (QED) is 0.393. The van der Waals surface area contributed by atoms with Crippen molar-refractivity contribution in [3.63, 3.8) is 0 Å². The van der Waals surface area contributed by atoms with E-state index in [4.69, 9.17) is 0 Å². The van der Waals surface area contributed by atoms with Gasteiger partial charge in [-0.2, -0.15) is 4.67 Å². The minimum atomic E-state index is -2.10. The Morgan fingerprint density at radius 2 is 1.50 bits per heavy atom. The van der Waals surface area contributed by atoms with Gasteiger partial charge in [-0.05, 0) is 47.0 Å². The van der Waals surface area contributed by atoms with Crippen LogP contribution in [0.2, 0.25) is 0 Å². The van der Waals surface area contributed by atoms with E-state index in [9.17, 15) is 4.89 Å². The van der Waals surface area contributed by atoms with Crippen LogP contribution in [-0.4, -0.2) is 23.8 Å². The molecule has 0 spiro atoms. The van der Waals surface area contributed by atoms with Gasteiger partial charge in [0, 0.05) is 12.2 Å². The van der Waals surface area contributed by atoms with Crippen LogP contribution >= 0.6 is 8.45 Å². The first-order valence-electron chi connectivity index (χ1n) is 11.2. The zero-order valence-electron chi connectivity index (χ0n) is 18.0. The van der Waals surface area contributed by atoms with Crippen molar-refractivity contribution in [3.05, 3.63) is 109 Å². The van der Waals surface area contributed by atoms with Crippen LogP contribution < -0.4 is 14.9 Å². The summed E-state index contributed by atoms with van der Waals surface area (Å²) in [5, 5.41) is 5.99. The van der Waals surface area contributed by atoms with Crippen molar-refractivity contribution in [2.75, 3.05) is 23.1 Å². The number of nitrogens with zero attached hydrogens (tertiary/aromatic N) is 2. The molecule has 162 valence electrons. The summed E-state index contributed by atoms with van der Waals surface area (Å²) in [6.07, 6.45) is 0.930. The van der Waals surface area contributed by atoms with Gasteiger partial charge in [0.1, 0.15) is 8.45 Å². The van der Waals surface area contributed by atoms with Gasteiger partial charge in [-0.3, -0.25) is 0 Å². The molecule has 1 aliphatic heterocycles. The number of benzene rings is 4. The number of para-hydroxylation sites is 2. The first-order valence-corrected chi connectivity index (χ1v) is 12.5. The Bertz CT molecular complexity index is 1150. The van der Waals surface area contributed by atoms with E-state index in [0.29, 0.717) is 6.54 Å². The first-order chi connectivity index (χ1) is 15.8. The van der Waals surface area contributed by atoms with Crippen LogP contribution in [0.1, 0.15) is 12.0 Å². The topological polar surface area (TPSA) is 41.6 Å². The summed E-state index contributed by atoms with van der Waals surface area (Å²) in [5.41, 5.74) is 3.40. The van der Waals surface area contributed by atoms with Crippen molar-refractivity contribution >= 4 is 30.6 Å². The highest BCUT2D eigenvalue weighted by atomic mass is 31.2. The maximum Gasteiger partial charge on any atom is 0.117 e. The highest BCUT2D eigenvalue weighted by Crippen LogP contribution is 2.49. The van der Waals surface area contributed by atoms with Gasteiger partial charge in [0.15, 0.2) is 0 Å². The fraction of sp³-hybridized carbons (Fsp3) is 0.185. The van der Waals surface area contributed by atoms with E-state index >= 15 is 0 Å². The second-order valence-corrected chi connectivity index (χ2v) is 9.91. The fourth-order valence-electron chi connectivity index (χ4n) is 4.52. The molecule has 4 nitrogen and oxygen atoms in total. The summed E-state index contributed by atoms with van der Waals surface area (Å²) < 4.78 is 4.33. The maximum absolute atomic E-state index is 13.7. The molecule has 5 rings (SSSR count). The summed E-state index contributed by atoms with van der Waals surface area (Å²) >= 11 is 0. The van der Waals surface area contributed by atoms with Gasteiger partial charge >= 0.3 is 0 Å². The Balaban J connectivity index is 1.38. The lowest BCUT2D eigenvalue weighted by atomic mass is 10.0. The molecule has 2 atom stereocenters. The van der Waals surface area contributed by atoms with Crippen molar-refractivity contribution in [2.45, 2.75) is 19.0 Å². The Kier molecular flexibility index (Phi) is 6.36. The molecule has 1 aliphatic rings. The van der Waals surface area contributed by atoms with Crippen molar-refractivity contribution in [1.29, 1.82) is 0 Å². The summed E-state index contributed by atoms with van der Waals surface area (Å²) in [6.45, 7) is 2.32. The van der Waals surface area contributed by atoms with E-state index in [0.717, 1.165) is 30.9 Å². The molecular weight excluding hydrogens is 413 g/mol. The lowest BCUT2D eigenvalue weighted by Gasteiger charge is -2.28. The van der Waals surface area contributed by atoms with Gasteiger partial charge in [-0.1, -0.05) is 78.9 Å². The Labute approximate surface area is 191 Å². The SMILES string of the molecule is [O-][PH+]1N(c2ccccc2)C[C@H](CCNc2ccccc2)N1Cc1cccc2ccccc12. The van der Waals surface area contributed by atoms with Gasteiger partial charge in [0.05, 0.1) is 24.8 Å². The molecule has 1 saturated heterocycles. The van der Waals surface area contributed by atoms with Crippen molar-refractivity contribution in [3.8, 4) is 0 Å². The third-order valence-corrected chi connectivity index (χ3v) is 8.10. The smallest absolute Gasteiger partial charge is 0.117 e. The van der Waals surface area contributed by atoms with Crippen LogP contribution in [0.3, 0.4) is 0 Å². The zero-order chi connectivity index (χ0) is 21.8. The molecule has 1 unspecified atom stereocenters. The van der Waals surface area contributed by atoms with Crippen LogP contribution in [0.5, 0.6) is 0 Å². The Morgan fingerprint density at radius 1 is 0.812 bits per heavy atom. The molecule has 1 fully saturated rings. The summed E-state index contributed by atoms with van der Waals surface area (Å²) in [4.78, 5) is 13.7. The Hall–Kier alpha value is -2.91. The number of hydrogen-bond acceptors (Lipinski definition) is 4. The highest BCUT2D eigenvalue weighted by Gasteiger charge is 2.40. The van der Waals surface area contributed by atoms with Gasteiger partial charge in [0.2, 0.25) is 0 Å². The van der Waals surface area contributed by atoms with E-state index in [-0.39, 0.29) is 6.04 Å². The molecule has 5 heteroatoms. The molecule has 4 aromatic rings. The molecule has 0 amide bonds. The van der Waals surface area contributed by atoms with Crippen molar-refractivity contribution in [2.24, 2.45) is 0 Å². The number of rotatable bonds is 7. The van der Waals surface area contributed by atoms with E-state index in [1.165, 1.54) is 16.3 Å². The van der Waals surface area contributed by atoms with Crippen LogP contribution in [0.25, 0.3) is 10.8 Å². The van der Waals surface area contributed by atoms with E-state index in [1.54, 1.807) is 0 Å². The molecule has 1 N–H and O–H groups in total. The predicted molar refractivity (Wildman–Crippen MR) is 135 cm³/mol. The summed E-state index contributed by atoms with van der Waals surface area (Å²) in [5.74, 6) is 0. The largest absolute Gasteiger partial charge is 0.648 e. The molecule has 0 bridgehead atoms. The molecule has 0 radical (unpaired) electrons. The van der Waals surface area contributed by atoms with Gasteiger partial charge in [0.25, 0.3) is 0 Å². The third-order valence-electron chi connectivity index (χ3n) is 6.18. The predicted octanol–water partition coefficient (Wildman–Crippen LogP) is 5.35. The molecule has 0 aromatic heterocycles. The van der Waals surface area contributed by atoms with Crippen LogP contribution in [-0.2, 0) is 6.54 Å². The van der Waals surface area contributed by atoms with Crippen LogP contribution in [0, 0.1) is 0 Å². The molecule has 4 aromatic carbocycles. The number of nitrogens with one attached hydrogen (secondary N) is 1. The average molecular weight is 442 g/mol. The van der Waals surface area contributed by atoms with Crippen molar-refractivity contribution in [1.82, 2.24) is 4.67 Å². The van der Waals surface area contributed by atoms with Gasteiger partial charge in [-0.25, -0.2) is 4.67 Å². The van der Waals surface area contributed by atoms with Gasteiger partial charge < -0.3 is 10.2 Å². The molecule has 1 heterocycles. The van der Waals surface area contributed by atoms with Crippen molar-refractivity contribution < 1.29 is 4.89 Å². The normalized spacial score (nSPS) is 18.8. The first kappa shape index (κ1) is 21.0. The minimum absolute atomic E-state index is 0.219. The lowest BCUT2D eigenvalue weighted by Crippen LogP contribution is -2.31. The van der Waals surface area contributed by atoms with E-state index in [2.05, 4.69) is 81.4 Å². The van der Waals surface area contributed by atoms with E-state index < -0.39 is 8.45 Å². The Morgan fingerprint density at radius 3 is 2.31 bits per heavy atom.